The lowest BCUT2D eigenvalue weighted by atomic mass is 9.95. The summed E-state index contributed by atoms with van der Waals surface area (Å²) in [7, 11) is 0. The molecule has 0 bridgehead atoms. The van der Waals surface area contributed by atoms with Gasteiger partial charge in [-0.3, -0.25) is 14.5 Å². The standard InChI is InChI=1S/C23H30N2O2/c1-7-17-18-12-15-10-8-9-11-16(15)13-19(18)25(22(17)27)20(14(2)3)21(26)24-23(4,5)6/h8-14,17,20H,7H2,1-6H3,(H,24,26). The van der Waals surface area contributed by atoms with Gasteiger partial charge in [0.05, 0.1) is 5.92 Å². The van der Waals surface area contributed by atoms with Gasteiger partial charge in [-0.25, -0.2) is 0 Å². The van der Waals surface area contributed by atoms with Crippen LogP contribution in [0.15, 0.2) is 36.4 Å². The summed E-state index contributed by atoms with van der Waals surface area (Å²) >= 11 is 0. The zero-order valence-corrected chi connectivity index (χ0v) is 17.2. The number of carbonyl (C=O) groups excluding carboxylic acids is 2. The first-order valence-electron chi connectivity index (χ1n) is 9.82. The maximum atomic E-state index is 13.3. The topological polar surface area (TPSA) is 49.4 Å². The van der Waals surface area contributed by atoms with Gasteiger partial charge in [-0.05, 0) is 61.6 Å². The lowest BCUT2D eigenvalue weighted by Crippen LogP contribution is -2.55. The van der Waals surface area contributed by atoms with E-state index in [4.69, 9.17) is 0 Å². The van der Waals surface area contributed by atoms with Crippen molar-refractivity contribution in [2.45, 2.75) is 65.5 Å². The summed E-state index contributed by atoms with van der Waals surface area (Å²) < 4.78 is 0. The molecule has 2 unspecified atom stereocenters. The molecule has 1 aliphatic heterocycles. The van der Waals surface area contributed by atoms with Crippen LogP contribution in [0.4, 0.5) is 5.69 Å². The number of rotatable bonds is 4. The van der Waals surface area contributed by atoms with Gasteiger partial charge in [-0.1, -0.05) is 45.0 Å². The SMILES string of the molecule is CCC1C(=O)N(C(C(=O)NC(C)(C)C)C(C)C)c2cc3ccccc3cc21. The summed E-state index contributed by atoms with van der Waals surface area (Å²) in [5, 5.41) is 5.28. The number of amides is 2. The normalized spacial score (nSPS) is 18.1. The van der Waals surface area contributed by atoms with Gasteiger partial charge in [0.25, 0.3) is 0 Å². The van der Waals surface area contributed by atoms with Crippen LogP contribution >= 0.6 is 0 Å². The zero-order valence-electron chi connectivity index (χ0n) is 17.2. The van der Waals surface area contributed by atoms with Gasteiger partial charge in [0.15, 0.2) is 0 Å². The molecule has 0 fully saturated rings. The second-order valence-corrected chi connectivity index (χ2v) is 8.86. The molecule has 0 aliphatic carbocycles. The van der Waals surface area contributed by atoms with Gasteiger partial charge in [0.2, 0.25) is 11.8 Å². The highest BCUT2D eigenvalue weighted by Gasteiger charge is 2.44. The molecule has 2 aromatic carbocycles. The van der Waals surface area contributed by atoms with Crippen molar-refractivity contribution in [2.24, 2.45) is 5.92 Å². The smallest absolute Gasteiger partial charge is 0.243 e. The Hall–Kier alpha value is -2.36. The molecule has 0 radical (unpaired) electrons. The van der Waals surface area contributed by atoms with E-state index in [0.717, 1.165) is 28.4 Å². The van der Waals surface area contributed by atoms with Crippen LogP contribution in [0, 0.1) is 5.92 Å². The number of anilines is 1. The van der Waals surface area contributed by atoms with E-state index in [1.54, 1.807) is 4.90 Å². The number of nitrogens with zero attached hydrogens (tertiary/aromatic N) is 1. The Morgan fingerprint density at radius 1 is 1.15 bits per heavy atom. The van der Waals surface area contributed by atoms with E-state index in [0.29, 0.717) is 0 Å². The van der Waals surface area contributed by atoms with Gasteiger partial charge in [-0.15, -0.1) is 0 Å². The summed E-state index contributed by atoms with van der Waals surface area (Å²) in [6, 6.07) is 11.8. The van der Waals surface area contributed by atoms with Gasteiger partial charge in [0.1, 0.15) is 6.04 Å². The molecule has 0 spiro atoms. The molecule has 27 heavy (non-hydrogen) atoms. The van der Waals surface area contributed by atoms with Crippen LogP contribution in [0.2, 0.25) is 0 Å². The number of hydrogen-bond donors (Lipinski definition) is 1. The molecule has 0 saturated heterocycles. The molecule has 0 aromatic heterocycles. The van der Waals surface area contributed by atoms with Crippen LogP contribution in [0.3, 0.4) is 0 Å². The van der Waals surface area contributed by atoms with Gasteiger partial charge >= 0.3 is 0 Å². The Morgan fingerprint density at radius 2 is 1.74 bits per heavy atom. The van der Waals surface area contributed by atoms with Crippen molar-refractivity contribution in [3.63, 3.8) is 0 Å². The number of nitrogens with one attached hydrogen (secondary N) is 1. The van der Waals surface area contributed by atoms with Crippen LogP contribution in [-0.2, 0) is 9.59 Å². The summed E-state index contributed by atoms with van der Waals surface area (Å²) in [5.74, 6) is -0.244. The monoisotopic (exact) mass is 366 g/mol. The first kappa shape index (κ1) is 19.4. The number of benzene rings is 2. The molecule has 1 N–H and O–H groups in total. The second kappa shape index (κ2) is 6.99. The van der Waals surface area contributed by atoms with Crippen LogP contribution < -0.4 is 10.2 Å². The molecule has 1 heterocycles. The highest BCUT2D eigenvalue weighted by molar-refractivity contribution is 6.11. The maximum absolute atomic E-state index is 13.3. The lowest BCUT2D eigenvalue weighted by Gasteiger charge is -2.33. The first-order chi connectivity index (χ1) is 12.6. The van der Waals surface area contributed by atoms with Crippen molar-refractivity contribution in [3.8, 4) is 0 Å². The molecule has 4 heteroatoms. The zero-order chi connectivity index (χ0) is 19.9. The van der Waals surface area contributed by atoms with E-state index >= 15 is 0 Å². The van der Waals surface area contributed by atoms with E-state index in [2.05, 4.69) is 29.6 Å². The molecule has 2 amide bonds. The van der Waals surface area contributed by atoms with Gasteiger partial charge < -0.3 is 5.32 Å². The van der Waals surface area contributed by atoms with E-state index < -0.39 is 6.04 Å². The molecular weight excluding hydrogens is 336 g/mol. The van der Waals surface area contributed by atoms with E-state index in [-0.39, 0.29) is 29.2 Å². The third kappa shape index (κ3) is 3.58. The minimum Gasteiger partial charge on any atom is -0.350 e. The Kier molecular flexibility index (Phi) is 5.02. The third-order valence-electron chi connectivity index (χ3n) is 5.15. The molecule has 144 valence electrons. The van der Waals surface area contributed by atoms with Crippen molar-refractivity contribution < 1.29 is 9.59 Å². The fourth-order valence-corrected chi connectivity index (χ4v) is 4.00. The van der Waals surface area contributed by atoms with Gasteiger partial charge in [-0.2, -0.15) is 0 Å². The van der Waals surface area contributed by atoms with Crippen LogP contribution in [0.5, 0.6) is 0 Å². The molecule has 4 nitrogen and oxygen atoms in total. The number of fused-ring (bicyclic) bond motifs is 2. The minimum absolute atomic E-state index is 0.00577. The first-order valence-corrected chi connectivity index (χ1v) is 9.82. The number of carbonyl (C=O) groups is 2. The van der Waals surface area contributed by atoms with Crippen molar-refractivity contribution >= 4 is 28.3 Å². The lowest BCUT2D eigenvalue weighted by molar-refractivity contribution is -0.128. The van der Waals surface area contributed by atoms with E-state index in [9.17, 15) is 9.59 Å². The highest BCUT2D eigenvalue weighted by atomic mass is 16.2. The Morgan fingerprint density at radius 3 is 2.26 bits per heavy atom. The van der Waals surface area contributed by atoms with Crippen molar-refractivity contribution in [3.05, 3.63) is 42.0 Å². The molecule has 1 aliphatic rings. The fraction of sp³-hybridized carbons (Fsp3) is 0.478. The summed E-state index contributed by atoms with van der Waals surface area (Å²) in [5.41, 5.74) is 1.58. The fourth-order valence-electron chi connectivity index (χ4n) is 4.00. The molecule has 0 saturated carbocycles. The molecule has 3 rings (SSSR count). The van der Waals surface area contributed by atoms with Crippen molar-refractivity contribution in [2.75, 3.05) is 4.90 Å². The Labute approximate surface area is 161 Å². The quantitative estimate of drug-likeness (QED) is 0.858. The molecular formula is C23H30N2O2. The third-order valence-corrected chi connectivity index (χ3v) is 5.15. The Balaban J connectivity index is 2.13. The van der Waals surface area contributed by atoms with Crippen LogP contribution in [0.1, 0.15) is 59.4 Å². The predicted molar refractivity (Wildman–Crippen MR) is 111 cm³/mol. The molecule has 2 atom stereocenters. The predicted octanol–water partition coefficient (Wildman–Crippen LogP) is 4.62. The van der Waals surface area contributed by atoms with Crippen LogP contribution in [0.25, 0.3) is 10.8 Å². The Bertz CT molecular complexity index is 880. The van der Waals surface area contributed by atoms with Crippen LogP contribution in [-0.4, -0.2) is 23.4 Å². The number of hydrogen-bond acceptors (Lipinski definition) is 2. The summed E-state index contributed by atoms with van der Waals surface area (Å²) in [6.07, 6.45) is 0.729. The average molecular weight is 367 g/mol. The minimum atomic E-state index is -0.520. The average Bonchev–Trinajstić information content (AvgIpc) is 2.82. The van der Waals surface area contributed by atoms with Gasteiger partial charge in [0, 0.05) is 11.2 Å². The maximum Gasteiger partial charge on any atom is 0.243 e. The summed E-state index contributed by atoms with van der Waals surface area (Å²) in [6.45, 7) is 11.9. The highest BCUT2D eigenvalue weighted by Crippen LogP contribution is 2.43. The second-order valence-electron chi connectivity index (χ2n) is 8.86. The van der Waals surface area contributed by atoms with E-state index in [1.807, 2.05) is 53.7 Å². The van der Waals surface area contributed by atoms with Crippen molar-refractivity contribution in [1.29, 1.82) is 0 Å². The van der Waals surface area contributed by atoms with Crippen molar-refractivity contribution in [1.82, 2.24) is 5.32 Å². The van der Waals surface area contributed by atoms with E-state index in [1.165, 1.54) is 0 Å². The molecule has 2 aromatic rings. The largest absolute Gasteiger partial charge is 0.350 e. The summed E-state index contributed by atoms with van der Waals surface area (Å²) in [4.78, 5) is 28.2.